The molecule has 1 fully saturated rings. The zero-order valence-electron chi connectivity index (χ0n) is 21.5. The summed E-state index contributed by atoms with van der Waals surface area (Å²) in [6.07, 6.45) is 6.24. The van der Waals surface area contributed by atoms with E-state index in [0.717, 1.165) is 47.4 Å². The maximum Gasteiger partial charge on any atom is 0.244 e. The summed E-state index contributed by atoms with van der Waals surface area (Å²) >= 11 is 6.38. The third-order valence-electron chi connectivity index (χ3n) is 6.79. The van der Waals surface area contributed by atoms with Crippen LogP contribution in [0.25, 0.3) is 0 Å². The minimum atomic E-state index is -3.78. The number of amides is 2. The van der Waals surface area contributed by atoms with E-state index in [-0.39, 0.29) is 18.5 Å². The van der Waals surface area contributed by atoms with E-state index in [1.54, 1.807) is 25.1 Å². The van der Waals surface area contributed by atoms with E-state index in [2.05, 4.69) is 5.32 Å². The standard InChI is InChI=1S/C27H36ClN3O4S/c1-19-11-10-12-20(2)26(19)31(36(4,34)35)18-25(32)30(17-22-13-8-9-16-24(22)28)21(3)27(33)29-23-14-6-5-7-15-23/h8-13,16,21,23H,5-7,14-15,17-18H2,1-4H3,(H,29,33). The van der Waals surface area contributed by atoms with Crippen LogP contribution in [0.5, 0.6) is 0 Å². The van der Waals surface area contributed by atoms with Crippen LogP contribution in [0.3, 0.4) is 0 Å². The fraction of sp³-hybridized carbons (Fsp3) is 0.481. The second kappa shape index (κ2) is 12.1. The molecule has 9 heteroatoms. The summed E-state index contributed by atoms with van der Waals surface area (Å²) in [6.45, 7) is 4.97. The van der Waals surface area contributed by atoms with E-state index in [9.17, 15) is 18.0 Å². The van der Waals surface area contributed by atoms with Crippen molar-refractivity contribution in [3.8, 4) is 0 Å². The van der Waals surface area contributed by atoms with E-state index in [1.165, 1.54) is 11.3 Å². The number of rotatable bonds is 9. The first-order valence-corrected chi connectivity index (χ1v) is 14.6. The molecule has 0 spiro atoms. The van der Waals surface area contributed by atoms with Gasteiger partial charge in [-0.2, -0.15) is 0 Å². The third-order valence-corrected chi connectivity index (χ3v) is 8.27. The molecule has 2 aromatic carbocycles. The zero-order valence-corrected chi connectivity index (χ0v) is 23.0. The Hall–Kier alpha value is -2.58. The maximum absolute atomic E-state index is 13.7. The summed E-state index contributed by atoms with van der Waals surface area (Å²) in [5, 5.41) is 3.57. The van der Waals surface area contributed by atoms with Gasteiger partial charge in [0, 0.05) is 17.6 Å². The lowest BCUT2D eigenvalue weighted by atomic mass is 9.95. The summed E-state index contributed by atoms with van der Waals surface area (Å²) in [7, 11) is -3.78. The number of halogens is 1. The summed E-state index contributed by atoms with van der Waals surface area (Å²) in [4.78, 5) is 28.4. The van der Waals surface area contributed by atoms with Gasteiger partial charge >= 0.3 is 0 Å². The molecule has 36 heavy (non-hydrogen) atoms. The van der Waals surface area contributed by atoms with Gasteiger partial charge in [0.15, 0.2) is 0 Å². The molecule has 7 nitrogen and oxygen atoms in total. The molecule has 1 atom stereocenters. The highest BCUT2D eigenvalue weighted by atomic mass is 35.5. The van der Waals surface area contributed by atoms with Crippen molar-refractivity contribution in [3.63, 3.8) is 0 Å². The summed E-state index contributed by atoms with van der Waals surface area (Å²) < 4.78 is 26.8. The number of sulfonamides is 1. The van der Waals surface area contributed by atoms with Gasteiger partial charge in [-0.1, -0.05) is 67.3 Å². The second-order valence-electron chi connectivity index (χ2n) is 9.64. The number of carbonyl (C=O) groups excluding carboxylic acids is 2. The average Bonchev–Trinajstić information content (AvgIpc) is 2.82. The molecular formula is C27H36ClN3O4S. The topological polar surface area (TPSA) is 86.8 Å². The molecule has 1 aliphatic rings. The lowest BCUT2D eigenvalue weighted by Crippen LogP contribution is -2.53. The number of benzene rings is 2. The molecule has 2 amide bonds. The quantitative estimate of drug-likeness (QED) is 0.511. The van der Waals surface area contributed by atoms with Crippen LogP contribution in [0.2, 0.25) is 5.02 Å². The highest BCUT2D eigenvalue weighted by molar-refractivity contribution is 7.92. The molecule has 2 aromatic rings. The van der Waals surface area contributed by atoms with E-state index < -0.39 is 28.5 Å². The fourth-order valence-electron chi connectivity index (χ4n) is 4.74. The number of nitrogens with one attached hydrogen (secondary N) is 1. The molecular weight excluding hydrogens is 498 g/mol. The molecule has 0 heterocycles. The van der Waals surface area contributed by atoms with Gasteiger partial charge in [0.2, 0.25) is 21.8 Å². The Morgan fingerprint density at radius 1 is 1.03 bits per heavy atom. The highest BCUT2D eigenvalue weighted by Gasteiger charge is 2.32. The van der Waals surface area contributed by atoms with Crippen molar-refractivity contribution in [2.45, 2.75) is 71.5 Å². The van der Waals surface area contributed by atoms with Crippen LogP contribution in [0.15, 0.2) is 42.5 Å². The summed E-state index contributed by atoms with van der Waals surface area (Å²) in [5.41, 5.74) is 2.65. The number of nitrogens with zero attached hydrogens (tertiary/aromatic N) is 2. The predicted octanol–water partition coefficient (Wildman–Crippen LogP) is 4.59. The van der Waals surface area contributed by atoms with Gasteiger partial charge < -0.3 is 10.2 Å². The molecule has 1 unspecified atom stereocenters. The maximum atomic E-state index is 13.7. The molecule has 1 saturated carbocycles. The number of anilines is 1. The van der Waals surface area contributed by atoms with Gasteiger partial charge in [-0.15, -0.1) is 0 Å². The monoisotopic (exact) mass is 533 g/mol. The smallest absolute Gasteiger partial charge is 0.244 e. The van der Waals surface area contributed by atoms with E-state index in [4.69, 9.17) is 11.6 Å². The first-order valence-electron chi connectivity index (χ1n) is 12.4. The van der Waals surface area contributed by atoms with Gasteiger partial charge in [0.1, 0.15) is 12.6 Å². The Balaban J connectivity index is 1.92. The molecule has 3 rings (SSSR count). The second-order valence-corrected chi connectivity index (χ2v) is 12.0. The molecule has 0 radical (unpaired) electrons. The number of hydrogen-bond acceptors (Lipinski definition) is 4. The summed E-state index contributed by atoms with van der Waals surface area (Å²) in [5.74, 6) is -0.727. The van der Waals surface area contributed by atoms with Crippen LogP contribution in [0, 0.1) is 13.8 Å². The molecule has 0 bridgehead atoms. The van der Waals surface area contributed by atoms with Crippen LogP contribution in [-0.4, -0.2) is 50.0 Å². The summed E-state index contributed by atoms with van der Waals surface area (Å²) in [6, 6.07) is 11.9. The van der Waals surface area contributed by atoms with E-state index in [0.29, 0.717) is 16.3 Å². The van der Waals surface area contributed by atoms with Crippen LogP contribution in [-0.2, 0) is 26.2 Å². The largest absolute Gasteiger partial charge is 0.352 e. The third kappa shape index (κ3) is 7.01. The van der Waals surface area contributed by atoms with Crippen molar-refractivity contribution in [2.24, 2.45) is 0 Å². The van der Waals surface area contributed by atoms with Crippen LogP contribution in [0.4, 0.5) is 5.69 Å². The van der Waals surface area contributed by atoms with E-state index >= 15 is 0 Å². The van der Waals surface area contributed by atoms with E-state index in [1.807, 2.05) is 38.1 Å². The Labute approximate surface area is 219 Å². The zero-order chi connectivity index (χ0) is 26.5. The number of hydrogen-bond donors (Lipinski definition) is 1. The van der Waals surface area contributed by atoms with Gasteiger partial charge in [0.25, 0.3) is 0 Å². The van der Waals surface area contributed by atoms with Crippen molar-refractivity contribution in [1.29, 1.82) is 0 Å². The Bertz CT molecular complexity index is 1180. The van der Waals surface area contributed by atoms with Crippen LogP contribution >= 0.6 is 11.6 Å². The first kappa shape index (κ1) is 28.0. The average molecular weight is 534 g/mol. The number of aryl methyl sites for hydroxylation is 2. The predicted molar refractivity (Wildman–Crippen MR) is 145 cm³/mol. The number of carbonyl (C=O) groups is 2. The van der Waals surface area contributed by atoms with Crippen molar-refractivity contribution in [2.75, 3.05) is 17.1 Å². The van der Waals surface area contributed by atoms with Gasteiger partial charge in [0.05, 0.1) is 11.9 Å². The van der Waals surface area contributed by atoms with Gasteiger partial charge in [-0.25, -0.2) is 8.42 Å². The molecule has 1 N–H and O–H groups in total. The van der Waals surface area contributed by atoms with Crippen LogP contribution < -0.4 is 9.62 Å². The van der Waals surface area contributed by atoms with Crippen molar-refractivity contribution < 1.29 is 18.0 Å². The van der Waals surface area contributed by atoms with Gasteiger partial charge in [-0.05, 0) is 56.4 Å². The number of para-hydroxylation sites is 1. The first-order chi connectivity index (χ1) is 17.0. The molecule has 196 valence electrons. The Morgan fingerprint density at radius 3 is 2.22 bits per heavy atom. The molecule has 0 saturated heterocycles. The normalized spacial score (nSPS) is 15.2. The van der Waals surface area contributed by atoms with Crippen molar-refractivity contribution >= 4 is 39.1 Å². The lowest BCUT2D eigenvalue weighted by Gasteiger charge is -2.33. The molecule has 1 aliphatic carbocycles. The molecule has 0 aliphatic heterocycles. The minimum Gasteiger partial charge on any atom is -0.352 e. The molecule has 0 aromatic heterocycles. The lowest BCUT2D eigenvalue weighted by molar-refractivity contribution is -0.139. The Morgan fingerprint density at radius 2 is 1.64 bits per heavy atom. The Kier molecular flexibility index (Phi) is 9.41. The SMILES string of the molecule is Cc1cccc(C)c1N(CC(=O)N(Cc1ccccc1Cl)C(C)C(=O)NC1CCCCC1)S(C)(=O)=O. The fourth-order valence-corrected chi connectivity index (χ4v) is 5.90. The highest BCUT2D eigenvalue weighted by Crippen LogP contribution is 2.27. The minimum absolute atomic E-state index is 0.0854. The van der Waals surface area contributed by atoms with Crippen LogP contribution in [0.1, 0.15) is 55.7 Å². The van der Waals surface area contributed by atoms with Crippen molar-refractivity contribution in [1.82, 2.24) is 10.2 Å². The van der Waals surface area contributed by atoms with Crippen molar-refractivity contribution in [3.05, 3.63) is 64.2 Å². The van der Waals surface area contributed by atoms with Gasteiger partial charge in [-0.3, -0.25) is 13.9 Å².